The number of aromatic nitrogens is 4. The van der Waals surface area contributed by atoms with E-state index in [0.29, 0.717) is 17.5 Å². The number of benzene rings is 8. The first-order valence-electron chi connectivity index (χ1n) is 19.5. The zero-order valence-corrected chi connectivity index (χ0v) is 31.4. The minimum atomic E-state index is 0.628. The molecule has 58 heavy (non-hydrogen) atoms. The van der Waals surface area contributed by atoms with Crippen molar-refractivity contribution in [2.45, 2.75) is 0 Å². The first kappa shape index (κ1) is 33.4. The van der Waals surface area contributed by atoms with Gasteiger partial charge in [-0.15, -0.1) is 0 Å². The van der Waals surface area contributed by atoms with E-state index in [2.05, 4.69) is 161 Å². The second-order valence-corrected chi connectivity index (χ2v) is 14.5. The summed E-state index contributed by atoms with van der Waals surface area (Å²) in [5.74, 6) is 1.91. The fourth-order valence-electron chi connectivity index (χ4n) is 8.35. The predicted octanol–water partition coefficient (Wildman–Crippen LogP) is 13.6. The van der Waals surface area contributed by atoms with Crippen molar-refractivity contribution in [2.75, 3.05) is 4.90 Å². The molecule has 11 rings (SSSR count). The molecule has 272 valence electrons. The molecule has 0 fully saturated rings. The van der Waals surface area contributed by atoms with Gasteiger partial charge in [-0.1, -0.05) is 158 Å². The van der Waals surface area contributed by atoms with E-state index in [0.717, 1.165) is 56.1 Å². The predicted molar refractivity (Wildman–Crippen MR) is 238 cm³/mol. The Bertz CT molecular complexity index is 3050. The SMILES string of the molecule is c1ccc(-c2nc(-c3ccccc3)nc(-c3cccc(-c4ccc5c(c4)-c4c(n(-c6ccccc6)c6ccccc46)-c4ccccc4N5c4ccccc4)c3)n2)cc1. The van der Waals surface area contributed by atoms with Crippen LogP contribution in [0.25, 0.3) is 84.3 Å². The highest BCUT2D eigenvalue weighted by molar-refractivity contribution is 6.13. The lowest BCUT2D eigenvalue weighted by atomic mass is 9.94. The molecule has 0 unspecified atom stereocenters. The van der Waals surface area contributed by atoms with Crippen molar-refractivity contribution in [1.29, 1.82) is 0 Å². The molecule has 2 aromatic heterocycles. The summed E-state index contributed by atoms with van der Waals surface area (Å²) >= 11 is 0. The van der Waals surface area contributed by atoms with Crippen molar-refractivity contribution in [2.24, 2.45) is 0 Å². The van der Waals surface area contributed by atoms with Gasteiger partial charge >= 0.3 is 0 Å². The van der Waals surface area contributed by atoms with Crippen molar-refractivity contribution < 1.29 is 0 Å². The lowest BCUT2D eigenvalue weighted by Gasteiger charge is -2.28. The summed E-state index contributed by atoms with van der Waals surface area (Å²) in [6.07, 6.45) is 0. The zero-order valence-electron chi connectivity index (χ0n) is 31.4. The largest absolute Gasteiger partial charge is 0.309 e. The van der Waals surface area contributed by atoms with Gasteiger partial charge in [0.05, 0.1) is 22.6 Å². The molecule has 5 nitrogen and oxygen atoms in total. The highest BCUT2D eigenvalue weighted by Gasteiger charge is 2.31. The van der Waals surface area contributed by atoms with Gasteiger partial charge in [0.25, 0.3) is 0 Å². The Kier molecular flexibility index (Phi) is 8.07. The second kappa shape index (κ2) is 14.0. The van der Waals surface area contributed by atoms with Crippen LogP contribution in [0, 0.1) is 0 Å². The summed E-state index contributed by atoms with van der Waals surface area (Å²) in [5.41, 5.74) is 15.3. The molecule has 0 saturated carbocycles. The third-order valence-corrected chi connectivity index (χ3v) is 11.0. The Hall–Kier alpha value is -7.89. The Morgan fingerprint density at radius 3 is 1.52 bits per heavy atom. The van der Waals surface area contributed by atoms with Crippen LogP contribution < -0.4 is 4.90 Å². The van der Waals surface area contributed by atoms with Crippen LogP contribution >= 0.6 is 0 Å². The molecule has 1 aliphatic rings. The van der Waals surface area contributed by atoms with Crippen LogP contribution in [0.3, 0.4) is 0 Å². The molecule has 5 heteroatoms. The first-order valence-corrected chi connectivity index (χ1v) is 19.5. The normalized spacial score (nSPS) is 11.8. The van der Waals surface area contributed by atoms with Crippen LogP contribution in [0.5, 0.6) is 0 Å². The number of nitrogens with zero attached hydrogens (tertiary/aromatic N) is 5. The van der Waals surface area contributed by atoms with E-state index in [1.807, 2.05) is 60.7 Å². The molecule has 0 radical (unpaired) electrons. The quantitative estimate of drug-likeness (QED) is 0.170. The lowest BCUT2D eigenvalue weighted by Crippen LogP contribution is -2.11. The van der Waals surface area contributed by atoms with Crippen LogP contribution in [0.15, 0.2) is 212 Å². The molecular formula is C53H35N5. The van der Waals surface area contributed by atoms with Gasteiger partial charge in [-0.25, -0.2) is 15.0 Å². The third kappa shape index (κ3) is 5.68. The summed E-state index contributed by atoms with van der Waals surface area (Å²) in [6, 6.07) is 74.7. The summed E-state index contributed by atoms with van der Waals surface area (Å²) in [6.45, 7) is 0. The number of hydrogen-bond donors (Lipinski definition) is 0. The summed E-state index contributed by atoms with van der Waals surface area (Å²) in [7, 11) is 0. The fraction of sp³-hybridized carbons (Fsp3) is 0. The first-order chi connectivity index (χ1) is 28.8. The van der Waals surface area contributed by atoms with Gasteiger partial charge in [0.1, 0.15) is 0 Å². The van der Waals surface area contributed by atoms with Crippen LogP contribution in [-0.4, -0.2) is 19.5 Å². The molecule has 0 amide bonds. The average molecular weight is 742 g/mol. The van der Waals surface area contributed by atoms with Gasteiger partial charge in [0.2, 0.25) is 0 Å². The molecule has 3 heterocycles. The van der Waals surface area contributed by atoms with Crippen LogP contribution in [0.1, 0.15) is 0 Å². The van der Waals surface area contributed by atoms with Gasteiger partial charge in [-0.05, 0) is 65.7 Å². The summed E-state index contributed by atoms with van der Waals surface area (Å²) in [4.78, 5) is 17.4. The molecular weight excluding hydrogens is 707 g/mol. The Morgan fingerprint density at radius 1 is 0.328 bits per heavy atom. The van der Waals surface area contributed by atoms with Crippen molar-refractivity contribution >= 4 is 28.0 Å². The van der Waals surface area contributed by atoms with E-state index < -0.39 is 0 Å². The van der Waals surface area contributed by atoms with Gasteiger partial charge in [-0.2, -0.15) is 0 Å². The van der Waals surface area contributed by atoms with E-state index in [4.69, 9.17) is 15.0 Å². The molecule has 10 aromatic rings. The van der Waals surface area contributed by atoms with Gasteiger partial charge in [0.15, 0.2) is 17.5 Å². The second-order valence-electron chi connectivity index (χ2n) is 14.5. The lowest BCUT2D eigenvalue weighted by molar-refractivity contribution is 1.07. The number of hydrogen-bond acceptors (Lipinski definition) is 4. The van der Waals surface area contributed by atoms with Gasteiger partial charge in [-0.3, -0.25) is 0 Å². The highest BCUT2D eigenvalue weighted by atomic mass is 15.2. The minimum absolute atomic E-state index is 0.628. The maximum atomic E-state index is 5.05. The Morgan fingerprint density at radius 2 is 0.828 bits per heavy atom. The molecule has 8 aromatic carbocycles. The topological polar surface area (TPSA) is 46.8 Å². The van der Waals surface area contributed by atoms with Crippen LogP contribution in [-0.2, 0) is 0 Å². The number of para-hydroxylation sites is 4. The van der Waals surface area contributed by atoms with Crippen molar-refractivity contribution in [3.8, 4) is 73.4 Å². The van der Waals surface area contributed by atoms with Crippen molar-refractivity contribution in [3.05, 3.63) is 212 Å². The monoisotopic (exact) mass is 741 g/mol. The molecule has 0 N–H and O–H groups in total. The Labute approximate surface area is 336 Å². The maximum absolute atomic E-state index is 5.05. The third-order valence-electron chi connectivity index (χ3n) is 11.0. The zero-order chi connectivity index (χ0) is 38.4. The minimum Gasteiger partial charge on any atom is -0.309 e. The highest BCUT2D eigenvalue weighted by Crippen LogP contribution is 2.55. The molecule has 0 bridgehead atoms. The number of rotatable bonds is 6. The molecule has 0 atom stereocenters. The molecule has 0 aliphatic carbocycles. The van der Waals surface area contributed by atoms with Gasteiger partial charge < -0.3 is 9.47 Å². The molecule has 0 spiro atoms. The Balaban J connectivity index is 1.14. The van der Waals surface area contributed by atoms with Crippen LogP contribution in [0.2, 0.25) is 0 Å². The molecule has 0 saturated heterocycles. The van der Waals surface area contributed by atoms with E-state index >= 15 is 0 Å². The fourth-order valence-corrected chi connectivity index (χ4v) is 8.35. The average Bonchev–Trinajstić information content (AvgIpc) is 3.59. The van der Waals surface area contributed by atoms with E-state index in [1.165, 1.54) is 27.7 Å². The van der Waals surface area contributed by atoms with Crippen molar-refractivity contribution in [3.63, 3.8) is 0 Å². The smallest absolute Gasteiger partial charge is 0.164 e. The summed E-state index contributed by atoms with van der Waals surface area (Å²) in [5, 5.41) is 1.20. The van der Waals surface area contributed by atoms with Crippen LogP contribution in [0.4, 0.5) is 17.1 Å². The maximum Gasteiger partial charge on any atom is 0.164 e. The number of fused-ring (bicyclic) bond motifs is 7. The summed E-state index contributed by atoms with van der Waals surface area (Å²) < 4.78 is 2.44. The van der Waals surface area contributed by atoms with Crippen molar-refractivity contribution in [1.82, 2.24) is 19.5 Å². The van der Waals surface area contributed by atoms with Gasteiger partial charge in [0, 0.05) is 50.1 Å². The molecule has 1 aliphatic heterocycles. The standard InChI is InChI=1S/C53H35N5/c1-5-18-36(19-6-1)51-54-52(37-20-7-2-8-21-37)56-53(55-51)40-23-17-22-38(34-40)39-32-33-48-45(35-39)49-43-28-13-15-30-46(43)58(42-26-11-4-12-27-42)50(49)44-29-14-16-31-47(44)57(48)41-24-9-3-10-25-41/h1-35H. The number of anilines is 3. The van der Waals surface area contributed by atoms with E-state index in [-0.39, 0.29) is 0 Å². The van der Waals surface area contributed by atoms with E-state index in [9.17, 15) is 0 Å². The van der Waals surface area contributed by atoms with E-state index in [1.54, 1.807) is 0 Å².